The topological polar surface area (TPSA) is 114 Å². The summed E-state index contributed by atoms with van der Waals surface area (Å²) in [5.41, 5.74) is 0.238. The zero-order valence-electron chi connectivity index (χ0n) is 16.7. The highest BCUT2D eigenvalue weighted by Crippen LogP contribution is 2.17. The lowest BCUT2D eigenvalue weighted by atomic mass is 10.1. The third-order valence-corrected chi connectivity index (χ3v) is 5.58. The molecule has 3 N–H and O–H groups in total. The number of carbonyl (C=O) groups excluding carboxylic acids is 4. The standard InChI is InChI=1S/C20H26ClN3O5S/c1-30-11-10-16(23-18(26)14-8-4-5-9-15(14)21)19(27)29-12-17(25)24-20(28)22-13-6-2-3-7-13/h4-5,8-9,13,16H,2-3,6-7,10-12H2,1H3,(H,23,26)(H2,22,24,25,28). The van der Waals surface area contributed by atoms with Crippen LogP contribution >= 0.6 is 23.4 Å². The van der Waals surface area contributed by atoms with E-state index >= 15 is 0 Å². The Kier molecular flexibility index (Phi) is 9.96. The van der Waals surface area contributed by atoms with Gasteiger partial charge in [-0.25, -0.2) is 9.59 Å². The van der Waals surface area contributed by atoms with Gasteiger partial charge in [0.25, 0.3) is 11.8 Å². The van der Waals surface area contributed by atoms with E-state index in [1.165, 1.54) is 11.8 Å². The third-order valence-electron chi connectivity index (χ3n) is 4.61. The smallest absolute Gasteiger partial charge is 0.329 e. The number of benzene rings is 1. The van der Waals surface area contributed by atoms with Crippen LogP contribution in [-0.4, -0.2) is 54.5 Å². The zero-order chi connectivity index (χ0) is 21.9. The molecular formula is C20H26ClN3O5S. The molecule has 0 spiro atoms. The normalized spacial score (nSPS) is 14.6. The third kappa shape index (κ3) is 7.87. The van der Waals surface area contributed by atoms with Gasteiger partial charge in [-0.3, -0.25) is 14.9 Å². The number of thioether (sulfide) groups is 1. The highest BCUT2D eigenvalue weighted by Gasteiger charge is 2.25. The first-order chi connectivity index (χ1) is 14.4. The van der Waals surface area contributed by atoms with Crippen molar-refractivity contribution in [3.63, 3.8) is 0 Å². The molecule has 0 aromatic heterocycles. The average molecular weight is 456 g/mol. The summed E-state index contributed by atoms with van der Waals surface area (Å²) in [7, 11) is 0. The van der Waals surface area contributed by atoms with Crippen molar-refractivity contribution in [3.8, 4) is 0 Å². The first-order valence-corrected chi connectivity index (χ1v) is 11.5. The molecule has 1 aliphatic carbocycles. The molecule has 1 aromatic carbocycles. The SMILES string of the molecule is CSCCC(NC(=O)c1ccccc1Cl)C(=O)OCC(=O)NC(=O)NC1CCCC1. The fourth-order valence-electron chi connectivity index (χ4n) is 3.06. The Balaban J connectivity index is 1.84. The molecule has 1 aromatic rings. The van der Waals surface area contributed by atoms with Crippen LogP contribution in [0.2, 0.25) is 5.02 Å². The largest absolute Gasteiger partial charge is 0.454 e. The number of amides is 4. The molecule has 164 valence electrons. The van der Waals surface area contributed by atoms with Crippen LogP contribution in [0.25, 0.3) is 0 Å². The molecule has 0 radical (unpaired) electrons. The summed E-state index contributed by atoms with van der Waals surface area (Å²) in [4.78, 5) is 48.6. The minimum Gasteiger partial charge on any atom is -0.454 e. The highest BCUT2D eigenvalue weighted by atomic mass is 35.5. The predicted octanol–water partition coefficient (Wildman–Crippen LogP) is 2.50. The van der Waals surface area contributed by atoms with Gasteiger partial charge < -0.3 is 15.4 Å². The second kappa shape index (κ2) is 12.4. The zero-order valence-corrected chi connectivity index (χ0v) is 18.3. The molecule has 30 heavy (non-hydrogen) atoms. The summed E-state index contributed by atoms with van der Waals surface area (Å²) in [6.07, 6.45) is 6.06. The second-order valence-electron chi connectivity index (χ2n) is 6.90. The van der Waals surface area contributed by atoms with Crippen LogP contribution < -0.4 is 16.0 Å². The maximum absolute atomic E-state index is 12.4. The molecule has 1 aliphatic rings. The van der Waals surface area contributed by atoms with Crippen LogP contribution in [0.4, 0.5) is 4.79 Å². The fourth-order valence-corrected chi connectivity index (χ4v) is 3.75. The van der Waals surface area contributed by atoms with E-state index in [0.717, 1.165) is 25.7 Å². The number of ether oxygens (including phenoxy) is 1. The van der Waals surface area contributed by atoms with Crippen molar-refractivity contribution in [1.29, 1.82) is 0 Å². The van der Waals surface area contributed by atoms with E-state index in [1.807, 2.05) is 6.26 Å². The lowest BCUT2D eigenvalue weighted by Crippen LogP contribution is -2.46. The van der Waals surface area contributed by atoms with E-state index in [-0.39, 0.29) is 16.6 Å². The Morgan fingerprint density at radius 3 is 2.57 bits per heavy atom. The first-order valence-electron chi connectivity index (χ1n) is 9.72. The van der Waals surface area contributed by atoms with Crippen molar-refractivity contribution in [2.75, 3.05) is 18.6 Å². The monoisotopic (exact) mass is 455 g/mol. The molecule has 0 aliphatic heterocycles. The van der Waals surface area contributed by atoms with Crippen molar-refractivity contribution in [2.45, 2.75) is 44.2 Å². The van der Waals surface area contributed by atoms with Crippen LogP contribution in [0.5, 0.6) is 0 Å². The van der Waals surface area contributed by atoms with Gasteiger partial charge in [-0.15, -0.1) is 0 Å². The minimum atomic E-state index is -0.943. The van der Waals surface area contributed by atoms with Crippen LogP contribution in [0, 0.1) is 0 Å². The Bertz CT molecular complexity index is 771. The number of halogens is 1. The Morgan fingerprint density at radius 2 is 1.90 bits per heavy atom. The number of rotatable bonds is 9. The summed E-state index contributed by atoms with van der Waals surface area (Å²) in [6.45, 7) is -0.616. The van der Waals surface area contributed by atoms with Crippen LogP contribution in [0.1, 0.15) is 42.5 Å². The van der Waals surface area contributed by atoms with E-state index in [2.05, 4.69) is 16.0 Å². The minimum absolute atomic E-state index is 0.0660. The molecule has 8 nitrogen and oxygen atoms in total. The van der Waals surface area contributed by atoms with Gasteiger partial charge in [-0.1, -0.05) is 36.6 Å². The van der Waals surface area contributed by atoms with Crippen LogP contribution in [-0.2, 0) is 14.3 Å². The van der Waals surface area contributed by atoms with Crippen LogP contribution in [0.15, 0.2) is 24.3 Å². The molecule has 1 fully saturated rings. The summed E-state index contributed by atoms with van der Waals surface area (Å²) in [5, 5.41) is 7.72. The lowest BCUT2D eigenvalue weighted by molar-refractivity contribution is -0.150. The summed E-state index contributed by atoms with van der Waals surface area (Å²) < 4.78 is 5.01. The number of esters is 1. The average Bonchev–Trinajstić information content (AvgIpc) is 3.22. The molecule has 1 unspecified atom stereocenters. The first kappa shape index (κ1) is 24.0. The van der Waals surface area contributed by atoms with Crippen molar-refractivity contribution < 1.29 is 23.9 Å². The molecular weight excluding hydrogens is 430 g/mol. The van der Waals surface area contributed by atoms with Crippen LogP contribution in [0.3, 0.4) is 0 Å². The van der Waals surface area contributed by atoms with E-state index in [9.17, 15) is 19.2 Å². The van der Waals surface area contributed by atoms with Gasteiger partial charge in [0, 0.05) is 6.04 Å². The van der Waals surface area contributed by atoms with Gasteiger partial charge in [-0.05, 0) is 43.4 Å². The van der Waals surface area contributed by atoms with Gasteiger partial charge in [0.2, 0.25) is 0 Å². The highest BCUT2D eigenvalue weighted by molar-refractivity contribution is 7.98. The summed E-state index contributed by atoms with van der Waals surface area (Å²) >= 11 is 7.53. The quantitative estimate of drug-likeness (QED) is 0.493. The van der Waals surface area contributed by atoms with E-state index in [4.69, 9.17) is 16.3 Å². The van der Waals surface area contributed by atoms with Crippen molar-refractivity contribution >= 4 is 47.2 Å². The maximum Gasteiger partial charge on any atom is 0.329 e. The van der Waals surface area contributed by atoms with E-state index < -0.39 is 36.5 Å². The second-order valence-corrected chi connectivity index (χ2v) is 8.29. The van der Waals surface area contributed by atoms with E-state index in [1.54, 1.807) is 24.3 Å². The van der Waals surface area contributed by atoms with Gasteiger partial charge in [0.1, 0.15) is 6.04 Å². The van der Waals surface area contributed by atoms with Gasteiger partial charge >= 0.3 is 12.0 Å². The molecule has 1 saturated carbocycles. The number of urea groups is 1. The predicted molar refractivity (Wildman–Crippen MR) is 116 cm³/mol. The Hall–Kier alpha value is -2.26. The van der Waals surface area contributed by atoms with Gasteiger partial charge in [0.05, 0.1) is 10.6 Å². The molecule has 4 amide bonds. The lowest BCUT2D eigenvalue weighted by Gasteiger charge is -2.18. The number of carbonyl (C=O) groups is 4. The Labute approximate surface area is 184 Å². The molecule has 0 saturated heterocycles. The molecule has 10 heteroatoms. The Morgan fingerprint density at radius 1 is 1.20 bits per heavy atom. The molecule has 0 bridgehead atoms. The van der Waals surface area contributed by atoms with Crippen molar-refractivity contribution in [3.05, 3.63) is 34.9 Å². The number of hydrogen-bond donors (Lipinski definition) is 3. The molecule has 1 atom stereocenters. The number of hydrogen-bond acceptors (Lipinski definition) is 6. The van der Waals surface area contributed by atoms with Gasteiger partial charge in [-0.2, -0.15) is 11.8 Å². The molecule has 0 heterocycles. The number of imide groups is 1. The summed E-state index contributed by atoms with van der Waals surface area (Å²) in [5.74, 6) is -1.40. The van der Waals surface area contributed by atoms with E-state index in [0.29, 0.717) is 12.2 Å². The maximum atomic E-state index is 12.4. The van der Waals surface area contributed by atoms with Gasteiger partial charge in [0.15, 0.2) is 6.61 Å². The number of nitrogens with one attached hydrogen (secondary N) is 3. The van der Waals surface area contributed by atoms with Crippen molar-refractivity contribution in [2.24, 2.45) is 0 Å². The van der Waals surface area contributed by atoms with Crippen molar-refractivity contribution in [1.82, 2.24) is 16.0 Å². The molecule has 2 rings (SSSR count). The fraction of sp³-hybridized carbons (Fsp3) is 0.500. The summed E-state index contributed by atoms with van der Waals surface area (Å²) in [6, 6.07) is 5.00.